The molecule has 1 aromatic heterocycles. The summed E-state index contributed by atoms with van der Waals surface area (Å²) in [6.45, 7) is 0. The first kappa shape index (κ1) is 13.5. The van der Waals surface area contributed by atoms with Gasteiger partial charge in [0.2, 0.25) is 0 Å². The van der Waals surface area contributed by atoms with Crippen LogP contribution in [0.5, 0.6) is 0 Å². The first-order valence-corrected chi connectivity index (χ1v) is 6.22. The summed E-state index contributed by atoms with van der Waals surface area (Å²) < 4.78 is 5.42. The van der Waals surface area contributed by atoms with E-state index >= 15 is 0 Å². The highest BCUT2D eigenvalue weighted by atomic mass is 35.5. The number of thiophene rings is 1. The van der Waals surface area contributed by atoms with Crippen LogP contribution in [-0.2, 0) is 9.53 Å². The molecule has 5 heteroatoms. The molecule has 0 saturated carbocycles. The fourth-order valence-corrected chi connectivity index (χ4v) is 2.81. The molecule has 1 atom stereocenters. The minimum atomic E-state index is -0.172. The highest BCUT2D eigenvalue weighted by molar-refractivity contribution is 7.16. The maximum absolute atomic E-state index is 11.1. The summed E-state index contributed by atoms with van der Waals surface area (Å²) >= 11 is 7.46. The number of carbonyl (C=O) groups excluding carboxylic acids is 1. The maximum Gasteiger partial charge on any atom is 0.305 e. The van der Waals surface area contributed by atoms with Gasteiger partial charge in [-0.2, -0.15) is 0 Å². The van der Waals surface area contributed by atoms with Gasteiger partial charge in [0.15, 0.2) is 0 Å². The molecule has 1 heterocycles. The quantitative estimate of drug-likeness (QED) is 0.764. The summed E-state index contributed by atoms with van der Waals surface area (Å²) in [4.78, 5) is 14.4. The van der Waals surface area contributed by atoms with Crippen molar-refractivity contribution in [3.63, 3.8) is 0 Å². The van der Waals surface area contributed by atoms with E-state index < -0.39 is 0 Å². The summed E-state index contributed by atoms with van der Waals surface area (Å²) in [6.07, 6.45) is 1.17. The van der Waals surface area contributed by atoms with Gasteiger partial charge in [0.05, 0.1) is 11.4 Å². The summed E-state index contributed by atoms with van der Waals surface area (Å²) in [6, 6.07) is 4.11. The van der Waals surface area contributed by atoms with Crippen molar-refractivity contribution >= 4 is 28.9 Å². The molecule has 0 radical (unpaired) electrons. The number of hydrogen-bond donors (Lipinski definition) is 0. The molecular formula is C11H16ClNO2S. The average molecular weight is 262 g/mol. The van der Waals surface area contributed by atoms with E-state index in [1.165, 1.54) is 12.0 Å². The van der Waals surface area contributed by atoms with Gasteiger partial charge < -0.3 is 9.64 Å². The highest BCUT2D eigenvalue weighted by Gasteiger charge is 2.17. The third-order valence-electron chi connectivity index (χ3n) is 2.40. The standard InChI is InChI=1S/C11H16ClNO2S/c1-13(2)8(4-7-11(14)15-3)9-5-6-10(12)16-9/h5-6,8H,4,7H2,1-3H3. The lowest BCUT2D eigenvalue weighted by molar-refractivity contribution is -0.141. The molecule has 3 nitrogen and oxygen atoms in total. The van der Waals surface area contributed by atoms with E-state index in [-0.39, 0.29) is 12.0 Å². The molecule has 0 aromatic carbocycles. The first-order valence-electron chi connectivity index (χ1n) is 5.03. The molecule has 0 aliphatic rings. The van der Waals surface area contributed by atoms with Crippen LogP contribution in [-0.4, -0.2) is 32.1 Å². The summed E-state index contributed by atoms with van der Waals surface area (Å²) in [5.41, 5.74) is 0. The van der Waals surface area contributed by atoms with Gasteiger partial charge in [-0.05, 0) is 32.6 Å². The second-order valence-corrected chi connectivity index (χ2v) is 5.48. The number of ether oxygens (including phenoxy) is 1. The van der Waals surface area contributed by atoms with Crippen LogP contribution in [0.3, 0.4) is 0 Å². The largest absolute Gasteiger partial charge is 0.469 e. The minimum absolute atomic E-state index is 0.172. The molecule has 0 aliphatic heterocycles. The van der Waals surface area contributed by atoms with Gasteiger partial charge in [-0.15, -0.1) is 11.3 Å². The molecule has 1 unspecified atom stereocenters. The lowest BCUT2D eigenvalue weighted by Crippen LogP contribution is -2.20. The van der Waals surface area contributed by atoms with Crippen molar-refractivity contribution in [1.29, 1.82) is 0 Å². The van der Waals surface area contributed by atoms with Gasteiger partial charge in [-0.3, -0.25) is 4.79 Å². The monoisotopic (exact) mass is 261 g/mol. The minimum Gasteiger partial charge on any atom is -0.469 e. The Labute approximate surface area is 105 Å². The van der Waals surface area contributed by atoms with Crippen molar-refractivity contribution in [3.05, 3.63) is 21.3 Å². The second kappa shape index (κ2) is 6.23. The van der Waals surface area contributed by atoms with Crippen molar-refractivity contribution in [2.75, 3.05) is 21.2 Å². The molecule has 16 heavy (non-hydrogen) atoms. The zero-order valence-corrected chi connectivity index (χ0v) is 11.3. The lowest BCUT2D eigenvalue weighted by Gasteiger charge is -2.22. The van der Waals surface area contributed by atoms with Gasteiger partial charge in [-0.25, -0.2) is 0 Å². The number of hydrogen-bond acceptors (Lipinski definition) is 4. The predicted octanol–water partition coefficient (Wildman–Crippen LogP) is 2.96. The Morgan fingerprint density at radius 3 is 2.69 bits per heavy atom. The topological polar surface area (TPSA) is 29.5 Å². The van der Waals surface area contributed by atoms with E-state index in [9.17, 15) is 4.79 Å². The van der Waals surface area contributed by atoms with Crippen molar-refractivity contribution < 1.29 is 9.53 Å². The van der Waals surface area contributed by atoms with Gasteiger partial charge in [0, 0.05) is 17.3 Å². The van der Waals surface area contributed by atoms with E-state index in [1.807, 2.05) is 26.2 Å². The van der Waals surface area contributed by atoms with Crippen molar-refractivity contribution in [1.82, 2.24) is 4.90 Å². The molecule has 0 N–H and O–H groups in total. The van der Waals surface area contributed by atoms with Crippen molar-refractivity contribution in [2.45, 2.75) is 18.9 Å². The fraction of sp³-hybridized carbons (Fsp3) is 0.545. The van der Waals surface area contributed by atoms with E-state index in [0.29, 0.717) is 6.42 Å². The van der Waals surface area contributed by atoms with E-state index in [2.05, 4.69) is 9.64 Å². The average Bonchev–Trinajstić information content (AvgIpc) is 2.64. The first-order chi connectivity index (χ1) is 7.54. The molecule has 0 spiro atoms. The second-order valence-electron chi connectivity index (χ2n) is 3.74. The Bertz CT molecular complexity index is 352. The summed E-state index contributed by atoms with van der Waals surface area (Å²) in [7, 11) is 5.40. The number of carbonyl (C=O) groups is 1. The third kappa shape index (κ3) is 3.77. The molecule has 90 valence electrons. The zero-order valence-electron chi connectivity index (χ0n) is 9.70. The Morgan fingerprint density at radius 2 is 2.25 bits per heavy atom. The molecule has 0 fully saturated rings. The highest BCUT2D eigenvalue weighted by Crippen LogP contribution is 2.32. The Morgan fingerprint density at radius 1 is 1.56 bits per heavy atom. The van der Waals surface area contributed by atoms with Gasteiger partial charge >= 0.3 is 5.97 Å². The van der Waals surface area contributed by atoms with Gasteiger partial charge in [0.1, 0.15) is 0 Å². The smallest absolute Gasteiger partial charge is 0.305 e. The number of halogens is 1. The van der Waals surface area contributed by atoms with Crippen LogP contribution in [0, 0.1) is 0 Å². The SMILES string of the molecule is COC(=O)CCC(c1ccc(Cl)s1)N(C)C. The molecule has 1 rings (SSSR count). The van der Waals surface area contributed by atoms with Crippen LogP contribution >= 0.6 is 22.9 Å². The molecule has 0 bridgehead atoms. The van der Waals surface area contributed by atoms with Crippen LogP contribution in [0.15, 0.2) is 12.1 Å². The third-order valence-corrected chi connectivity index (χ3v) is 3.73. The predicted molar refractivity (Wildman–Crippen MR) is 67.0 cm³/mol. The van der Waals surface area contributed by atoms with Crippen LogP contribution in [0.25, 0.3) is 0 Å². The van der Waals surface area contributed by atoms with Crippen LogP contribution in [0.1, 0.15) is 23.8 Å². The van der Waals surface area contributed by atoms with Crippen LogP contribution in [0.4, 0.5) is 0 Å². The van der Waals surface area contributed by atoms with E-state index in [0.717, 1.165) is 10.8 Å². The molecular weight excluding hydrogens is 246 g/mol. The molecule has 0 amide bonds. The van der Waals surface area contributed by atoms with Crippen molar-refractivity contribution in [2.24, 2.45) is 0 Å². The van der Waals surface area contributed by atoms with Gasteiger partial charge in [-0.1, -0.05) is 11.6 Å². The van der Waals surface area contributed by atoms with E-state index in [1.54, 1.807) is 11.3 Å². The number of esters is 1. The molecule has 1 aromatic rings. The zero-order chi connectivity index (χ0) is 12.1. The van der Waals surface area contributed by atoms with Crippen molar-refractivity contribution in [3.8, 4) is 0 Å². The lowest BCUT2D eigenvalue weighted by atomic mass is 10.1. The van der Waals surface area contributed by atoms with Crippen LogP contribution < -0.4 is 0 Å². The van der Waals surface area contributed by atoms with Gasteiger partial charge in [0.25, 0.3) is 0 Å². The fourth-order valence-electron chi connectivity index (χ4n) is 1.52. The number of rotatable bonds is 5. The Kier molecular flexibility index (Phi) is 5.25. The summed E-state index contributed by atoms with van der Waals surface area (Å²) in [5.74, 6) is -0.172. The van der Waals surface area contributed by atoms with Crippen LogP contribution in [0.2, 0.25) is 4.34 Å². The normalized spacial score (nSPS) is 12.8. The Balaban J connectivity index is 2.65. The molecule has 0 saturated heterocycles. The molecule has 0 aliphatic carbocycles. The maximum atomic E-state index is 11.1. The van der Waals surface area contributed by atoms with E-state index in [4.69, 9.17) is 11.6 Å². The summed E-state index contributed by atoms with van der Waals surface area (Å²) in [5, 5.41) is 0. The Hall–Kier alpha value is -0.580. The number of nitrogens with zero attached hydrogens (tertiary/aromatic N) is 1. The number of methoxy groups -OCH3 is 1.